The molecule has 0 aliphatic carbocycles. The predicted octanol–water partition coefficient (Wildman–Crippen LogP) is 3.71. The summed E-state index contributed by atoms with van der Waals surface area (Å²) in [5, 5.41) is 0. The van der Waals surface area contributed by atoms with E-state index in [1.807, 2.05) is 36.0 Å². The predicted molar refractivity (Wildman–Crippen MR) is 78.8 cm³/mol. The topological polar surface area (TPSA) is 35.2 Å². The van der Waals surface area contributed by atoms with Gasteiger partial charge in [0.2, 0.25) is 0 Å². The Morgan fingerprint density at radius 1 is 1.06 bits per heavy atom. The van der Waals surface area contributed by atoms with Crippen LogP contribution in [0.4, 0.5) is 5.69 Å². The lowest BCUT2D eigenvalue weighted by atomic mass is 10.2. The van der Waals surface area contributed by atoms with Crippen LogP contribution in [0, 0.1) is 0 Å². The van der Waals surface area contributed by atoms with Crippen molar-refractivity contribution in [3.63, 3.8) is 0 Å². The van der Waals surface area contributed by atoms with Gasteiger partial charge in [-0.05, 0) is 23.8 Å². The zero-order valence-electron chi connectivity index (χ0n) is 10.4. The van der Waals surface area contributed by atoms with Crippen LogP contribution in [-0.2, 0) is 11.5 Å². The van der Waals surface area contributed by atoms with Crippen LogP contribution in [0.15, 0.2) is 48.5 Å². The molecule has 2 nitrogen and oxygen atoms in total. The van der Waals surface area contributed by atoms with Crippen molar-refractivity contribution in [2.24, 2.45) is 0 Å². The van der Waals surface area contributed by atoms with E-state index in [0.29, 0.717) is 0 Å². The number of nitrogen functional groups attached to an aromatic ring is 1. The van der Waals surface area contributed by atoms with Gasteiger partial charge in [0.15, 0.2) is 0 Å². The normalized spacial score (nSPS) is 10.3. The first kappa shape index (κ1) is 12.8. The molecule has 3 heteroatoms. The van der Waals surface area contributed by atoms with E-state index in [-0.39, 0.29) is 0 Å². The fraction of sp³-hybridized carbons (Fsp3) is 0.200. The van der Waals surface area contributed by atoms with Crippen molar-refractivity contribution in [2.45, 2.75) is 11.5 Å². The molecular formula is C15H17NOS. The van der Waals surface area contributed by atoms with E-state index in [0.717, 1.165) is 28.5 Å². The van der Waals surface area contributed by atoms with E-state index in [4.69, 9.17) is 10.5 Å². The maximum atomic E-state index is 5.80. The Hall–Kier alpha value is -1.61. The van der Waals surface area contributed by atoms with E-state index in [1.54, 1.807) is 7.11 Å². The van der Waals surface area contributed by atoms with Gasteiger partial charge in [0, 0.05) is 22.8 Å². The van der Waals surface area contributed by atoms with Crippen molar-refractivity contribution >= 4 is 17.4 Å². The van der Waals surface area contributed by atoms with Crippen LogP contribution >= 0.6 is 11.8 Å². The molecule has 0 aliphatic rings. The van der Waals surface area contributed by atoms with Crippen LogP contribution < -0.4 is 10.5 Å². The molecule has 94 valence electrons. The number of hydrogen-bond acceptors (Lipinski definition) is 3. The Balaban J connectivity index is 1.96. The van der Waals surface area contributed by atoms with Gasteiger partial charge < -0.3 is 10.5 Å². The first-order chi connectivity index (χ1) is 8.79. The van der Waals surface area contributed by atoms with Gasteiger partial charge in [-0.3, -0.25) is 0 Å². The molecule has 2 aromatic rings. The van der Waals surface area contributed by atoms with E-state index in [1.165, 1.54) is 5.56 Å². The van der Waals surface area contributed by atoms with Crippen LogP contribution in [0.5, 0.6) is 5.75 Å². The van der Waals surface area contributed by atoms with Gasteiger partial charge in [-0.2, -0.15) is 11.8 Å². The maximum Gasteiger partial charge on any atom is 0.123 e. The molecule has 0 saturated heterocycles. The maximum absolute atomic E-state index is 5.80. The van der Waals surface area contributed by atoms with E-state index in [9.17, 15) is 0 Å². The quantitative estimate of drug-likeness (QED) is 0.831. The summed E-state index contributed by atoms with van der Waals surface area (Å²) in [6, 6.07) is 16.2. The highest BCUT2D eigenvalue weighted by Crippen LogP contribution is 2.26. The lowest BCUT2D eigenvalue weighted by Crippen LogP contribution is -1.93. The SMILES string of the molecule is COc1ccc(N)cc1CSCc1ccccc1. The van der Waals surface area contributed by atoms with Crippen molar-refractivity contribution in [3.05, 3.63) is 59.7 Å². The molecule has 2 N–H and O–H groups in total. The summed E-state index contributed by atoms with van der Waals surface area (Å²) in [5.41, 5.74) is 9.07. The Kier molecular flexibility index (Phi) is 4.53. The molecule has 0 fully saturated rings. The van der Waals surface area contributed by atoms with Crippen molar-refractivity contribution in [1.29, 1.82) is 0 Å². The second kappa shape index (κ2) is 6.36. The lowest BCUT2D eigenvalue weighted by molar-refractivity contribution is 0.411. The minimum atomic E-state index is 0.783. The molecule has 0 heterocycles. The zero-order chi connectivity index (χ0) is 12.8. The number of nitrogens with two attached hydrogens (primary N) is 1. The van der Waals surface area contributed by atoms with Crippen LogP contribution in [0.3, 0.4) is 0 Å². The molecule has 0 aliphatic heterocycles. The number of ether oxygens (including phenoxy) is 1. The third kappa shape index (κ3) is 3.44. The number of methoxy groups -OCH3 is 1. The van der Waals surface area contributed by atoms with Crippen LogP contribution in [0.25, 0.3) is 0 Å². The minimum absolute atomic E-state index is 0.783. The highest BCUT2D eigenvalue weighted by Gasteiger charge is 2.03. The van der Waals surface area contributed by atoms with Gasteiger partial charge in [0.25, 0.3) is 0 Å². The average molecular weight is 259 g/mol. The van der Waals surface area contributed by atoms with E-state index < -0.39 is 0 Å². The molecular weight excluding hydrogens is 242 g/mol. The average Bonchev–Trinajstić information content (AvgIpc) is 2.40. The number of thioether (sulfide) groups is 1. The summed E-state index contributed by atoms with van der Waals surface area (Å²) in [6.07, 6.45) is 0. The highest BCUT2D eigenvalue weighted by molar-refractivity contribution is 7.97. The number of rotatable bonds is 5. The molecule has 0 spiro atoms. The van der Waals surface area contributed by atoms with Crippen LogP contribution in [0.1, 0.15) is 11.1 Å². The van der Waals surface area contributed by atoms with Crippen molar-refractivity contribution in [2.75, 3.05) is 12.8 Å². The molecule has 2 aromatic carbocycles. The molecule has 0 aromatic heterocycles. The fourth-order valence-electron chi connectivity index (χ4n) is 1.76. The number of hydrogen-bond donors (Lipinski definition) is 1. The summed E-state index contributed by atoms with van der Waals surface area (Å²) < 4.78 is 5.33. The Bertz CT molecular complexity index is 499. The second-order valence-corrected chi connectivity index (χ2v) is 5.04. The monoisotopic (exact) mass is 259 g/mol. The van der Waals surface area contributed by atoms with Crippen molar-refractivity contribution < 1.29 is 4.74 Å². The Labute approximate surface area is 112 Å². The van der Waals surface area contributed by atoms with Crippen LogP contribution in [0.2, 0.25) is 0 Å². The Morgan fingerprint density at radius 2 is 1.83 bits per heavy atom. The van der Waals surface area contributed by atoms with Gasteiger partial charge in [-0.25, -0.2) is 0 Å². The number of benzene rings is 2. The first-order valence-electron chi connectivity index (χ1n) is 5.83. The van der Waals surface area contributed by atoms with Gasteiger partial charge in [-0.15, -0.1) is 0 Å². The van der Waals surface area contributed by atoms with Gasteiger partial charge in [0.1, 0.15) is 5.75 Å². The van der Waals surface area contributed by atoms with Crippen molar-refractivity contribution in [3.8, 4) is 5.75 Å². The molecule has 2 rings (SSSR count). The molecule has 0 amide bonds. The third-order valence-electron chi connectivity index (χ3n) is 2.67. The molecule has 0 bridgehead atoms. The lowest BCUT2D eigenvalue weighted by Gasteiger charge is -2.09. The highest BCUT2D eigenvalue weighted by atomic mass is 32.2. The zero-order valence-corrected chi connectivity index (χ0v) is 11.2. The van der Waals surface area contributed by atoms with Gasteiger partial charge in [-0.1, -0.05) is 30.3 Å². The molecule has 18 heavy (non-hydrogen) atoms. The van der Waals surface area contributed by atoms with Crippen molar-refractivity contribution in [1.82, 2.24) is 0 Å². The fourth-order valence-corrected chi connectivity index (χ4v) is 2.74. The molecule has 0 atom stereocenters. The molecule has 0 saturated carbocycles. The summed E-state index contributed by atoms with van der Waals surface area (Å²) >= 11 is 1.86. The standard InChI is InChI=1S/C15H17NOS/c1-17-15-8-7-14(16)9-13(15)11-18-10-12-5-3-2-4-6-12/h2-9H,10-11,16H2,1H3. The molecule has 0 unspecified atom stereocenters. The van der Waals surface area contributed by atoms with E-state index in [2.05, 4.69) is 24.3 Å². The second-order valence-electron chi connectivity index (χ2n) is 4.05. The summed E-state index contributed by atoms with van der Waals surface area (Å²) in [4.78, 5) is 0. The smallest absolute Gasteiger partial charge is 0.123 e. The van der Waals surface area contributed by atoms with E-state index >= 15 is 0 Å². The number of anilines is 1. The summed E-state index contributed by atoms with van der Waals surface area (Å²) in [6.45, 7) is 0. The van der Waals surface area contributed by atoms with Gasteiger partial charge in [0.05, 0.1) is 7.11 Å². The summed E-state index contributed by atoms with van der Waals surface area (Å²) in [5.74, 6) is 2.81. The van der Waals surface area contributed by atoms with Crippen LogP contribution in [-0.4, -0.2) is 7.11 Å². The summed E-state index contributed by atoms with van der Waals surface area (Å²) in [7, 11) is 1.69. The largest absolute Gasteiger partial charge is 0.496 e. The molecule has 0 radical (unpaired) electrons. The first-order valence-corrected chi connectivity index (χ1v) is 6.99. The Morgan fingerprint density at radius 3 is 2.56 bits per heavy atom. The third-order valence-corrected chi connectivity index (χ3v) is 3.73. The van der Waals surface area contributed by atoms with Gasteiger partial charge >= 0.3 is 0 Å². The minimum Gasteiger partial charge on any atom is -0.496 e.